The van der Waals surface area contributed by atoms with Crippen LogP contribution in [0.15, 0.2) is 106 Å². The summed E-state index contributed by atoms with van der Waals surface area (Å²) in [6, 6.07) is 18.5. The third-order valence-corrected chi connectivity index (χ3v) is 9.08. The van der Waals surface area contributed by atoms with Crippen LogP contribution in [0.25, 0.3) is 32.3 Å². The molecule has 0 saturated carbocycles. The van der Waals surface area contributed by atoms with Crippen molar-refractivity contribution < 1.29 is 158 Å². The molecule has 0 unspecified atom stereocenters. The molecule has 0 atom stereocenters. The molecule has 6 aromatic carbocycles. The molecule has 0 fully saturated rings. The maximum absolute atomic E-state index is 10.8. The maximum atomic E-state index is 10.8. The molecule has 0 amide bonds. The van der Waals surface area contributed by atoms with Gasteiger partial charge in [-0.15, -0.1) is 0 Å². The summed E-state index contributed by atoms with van der Waals surface area (Å²) >= 11 is 0. The predicted molar refractivity (Wildman–Crippen MR) is 166 cm³/mol. The summed E-state index contributed by atoms with van der Waals surface area (Å²) in [6.45, 7) is 0. The topological polar surface area (TPSA) is 293 Å². The normalized spacial score (nSPS) is 11.1. The monoisotopic (exact) mass is 786 g/mol. The van der Waals surface area contributed by atoms with Gasteiger partial charge in [-0.3, -0.25) is 0 Å². The molecule has 252 valence electrons. The van der Waals surface area contributed by atoms with Crippen LogP contribution in [0.5, 0.6) is 34.5 Å². The van der Waals surface area contributed by atoms with Crippen molar-refractivity contribution in [1.29, 1.82) is 0 Å². The van der Waals surface area contributed by atoms with Gasteiger partial charge in [0, 0.05) is 0 Å². The first-order valence-electron chi connectivity index (χ1n) is 12.9. The standard InChI is InChI=1S/3C10H8O5S.3Na/c3*11-9-4-6-1-2-8(16(13,14)15)3-7(6)5-10(9)12;;;/h3*1-5,11-12H,(H,13,14,15);;;/q;;;3*+1/p-3. The molecule has 0 aromatic heterocycles. The van der Waals surface area contributed by atoms with Gasteiger partial charge in [-0.2, -0.15) is 0 Å². The molecule has 21 heteroatoms. The summed E-state index contributed by atoms with van der Waals surface area (Å²) in [4.78, 5) is -1.11. The molecular weight excluding hydrogens is 765 g/mol. The fraction of sp³-hybridized carbons (Fsp3) is 0. The molecular formula is C30H21Na3O15S3. The van der Waals surface area contributed by atoms with E-state index in [4.69, 9.17) is 0 Å². The van der Waals surface area contributed by atoms with Gasteiger partial charge < -0.3 is 44.3 Å². The zero-order valence-corrected chi connectivity index (χ0v) is 35.2. The van der Waals surface area contributed by atoms with Gasteiger partial charge in [0.2, 0.25) is 0 Å². The minimum Gasteiger partial charge on any atom is -0.744 e. The maximum Gasteiger partial charge on any atom is 1.00 e. The average molecular weight is 787 g/mol. The van der Waals surface area contributed by atoms with Gasteiger partial charge in [-0.05, 0) is 105 Å². The number of fused-ring (bicyclic) bond motifs is 3. The van der Waals surface area contributed by atoms with Crippen LogP contribution >= 0.6 is 0 Å². The van der Waals surface area contributed by atoms with Crippen molar-refractivity contribution in [3.8, 4) is 34.5 Å². The Balaban J connectivity index is 0.000000372. The third kappa shape index (κ3) is 12.1. The second-order valence-electron chi connectivity index (χ2n) is 9.91. The quantitative estimate of drug-likeness (QED) is 0.0554. The molecule has 51 heavy (non-hydrogen) atoms. The van der Waals surface area contributed by atoms with Crippen molar-refractivity contribution in [3.63, 3.8) is 0 Å². The van der Waals surface area contributed by atoms with E-state index in [0.717, 1.165) is 36.4 Å². The number of hydrogen-bond acceptors (Lipinski definition) is 15. The summed E-state index contributed by atoms with van der Waals surface area (Å²) in [5.41, 5.74) is 0. The van der Waals surface area contributed by atoms with E-state index in [0.29, 0.717) is 32.3 Å². The Labute approximate surface area is 356 Å². The largest absolute Gasteiger partial charge is 1.00 e. The van der Waals surface area contributed by atoms with Crippen LogP contribution in [0.2, 0.25) is 0 Å². The fourth-order valence-electron chi connectivity index (χ4n) is 4.22. The zero-order valence-electron chi connectivity index (χ0n) is 26.7. The van der Waals surface area contributed by atoms with Crippen molar-refractivity contribution in [3.05, 3.63) is 91.0 Å². The van der Waals surface area contributed by atoms with Gasteiger partial charge in [-0.25, -0.2) is 25.3 Å². The first kappa shape index (κ1) is 46.7. The molecule has 0 spiro atoms. The Bertz CT molecular complexity index is 2280. The Morgan fingerprint density at radius 1 is 0.314 bits per heavy atom. The molecule has 6 rings (SSSR count). The first-order chi connectivity index (χ1) is 22.1. The molecule has 0 aliphatic heterocycles. The van der Waals surface area contributed by atoms with Crippen molar-refractivity contribution in [1.82, 2.24) is 0 Å². The van der Waals surface area contributed by atoms with Crippen molar-refractivity contribution in [2.45, 2.75) is 14.7 Å². The van der Waals surface area contributed by atoms with Gasteiger partial charge in [0.05, 0.1) is 14.7 Å². The van der Waals surface area contributed by atoms with Gasteiger partial charge in [0.25, 0.3) is 0 Å². The predicted octanol–water partition coefficient (Wildman–Crippen LogP) is -5.52. The number of phenolic OH excluding ortho intramolecular Hbond substituents is 6. The van der Waals surface area contributed by atoms with Crippen LogP contribution in [0, 0.1) is 0 Å². The fourth-order valence-corrected chi connectivity index (χ4v) is 5.74. The van der Waals surface area contributed by atoms with E-state index in [2.05, 4.69) is 0 Å². The number of phenols is 6. The first-order valence-corrected chi connectivity index (χ1v) is 17.1. The third-order valence-electron chi connectivity index (χ3n) is 6.58. The molecule has 0 saturated heterocycles. The van der Waals surface area contributed by atoms with Crippen LogP contribution in [-0.4, -0.2) is 69.6 Å². The van der Waals surface area contributed by atoms with E-state index in [-0.39, 0.29) is 138 Å². The molecule has 0 heterocycles. The second kappa shape index (κ2) is 18.1. The molecule has 0 bridgehead atoms. The smallest absolute Gasteiger partial charge is 0.744 e. The number of aromatic hydroxyl groups is 6. The van der Waals surface area contributed by atoms with Crippen LogP contribution in [0.1, 0.15) is 0 Å². The molecule has 6 N–H and O–H groups in total. The van der Waals surface area contributed by atoms with E-state index in [1.54, 1.807) is 0 Å². The molecule has 15 nitrogen and oxygen atoms in total. The SMILES string of the molecule is O=S(=O)([O-])c1ccc2cc(O)c(O)cc2c1.O=S(=O)([O-])c1ccc2cc(O)c(O)cc2c1.O=S(=O)([O-])c1ccc2cc(O)c(O)cc2c1.[Na+].[Na+].[Na+]. The zero-order chi connectivity index (χ0) is 35.8. The van der Waals surface area contributed by atoms with Crippen molar-refractivity contribution in [2.24, 2.45) is 0 Å². The van der Waals surface area contributed by atoms with E-state index in [1.807, 2.05) is 0 Å². The summed E-state index contributed by atoms with van der Waals surface area (Å²) in [5, 5.41) is 58.0. The minimum absolute atomic E-state index is 0. The van der Waals surface area contributed by atoms with Crippen LogP contribution in [0.3, 0.4) is 0 Å². The second-order valence-corrected chi connectivity index (χ2v) is 14.1. The van der Waals surface area contributed by atoms with Crippen LogP contribution in [0.4, 0.5) is 0 Å². The van der Waals surface area contributed by atoms with E-state index in [1.165, 1.54) is 54.6 Å². The van der Waals surface area contributed by atoms with E-state index in [9.17, 15) is 69.6 Å². The summed E-state index contributed by atoms with van der Waals surface area (Å²) < 4.78 is 96.8. The van der Waals surface area contributed by atoms with Crippen molar-refractivity contribution in [2.75, 3.05) is 0 Å². The Morgan fingerprint density at radius 3 is 0.667 bits per heavy atom. The van der Waals surface area contributed by atoms with E-state index >= 15 is 0 Å². The number of hydrogen-bond donors (Lipinski definition) is 6. The molecule has 0 aliphatic rings. The number of benzene rings is 6. The summed E-state index contributed by atoms with van der Waals surface area (Å²) in [6.07, 6.45) is 0. The Hall–Kier alpha value is -2.37. The molecule has 0 aliphatic carbocycles. The molecule has 0 radical (unpaired) electrons. The Morgan fingerprint density at radius 2 is 0.490 bits per heavy atom. The molecule has 6 aromatic rings. The van der Waals surface area contributed by atoms with Crippen LogP contribution < -0.4 is 88.7 Å². The van der Waals surface area contributed by atoms with Gasteiger partial charge in [0.15, 0.2) is 34.5 Å². The minimum atomic E-state index is -4.51. The van der Waals surface area contributed by atoms with Gasteiger partial charge in [-0.1, -0.05) is 18.2 Å². The van der Waals surface area contributed by atoms with Gasteiger partial charge >= 0.3 is 88.7 Å². The summed E-state index contributed by atoms with van der Waals surface area (Å²) in [7, 11) is -13.5. The Kier molecular flexibility index (Phi) is 16.6. The number of rotatable bonds is 3. The van der Waals surface area contributed by atoms with Crippen molar-refractivity contribution >= 4 is 62.7 Å². The van der Waals surface area contributed by atoms with E-state index < -0.39 is 30.4 Å². The summed E-state index contributed by atoms with van der Waals surface area (Å²) in [5.74, 6) is -2.01. The van der Waals surface area contributed by atoms with Crippen LogP contribution in [-0.2, 0) is 30.4 Å². The van der Waals surface area contributed by atoms with Gasteiger partial charge in [0.1, 0.15) is 30.4 Å². The average Bonchev–Trinajstić information content (AvgIpc) is 2.97.